The van der Waals surface area contributed by atoms with Crippen LogP contribution in [0.15, 0.2) is 24.3 Å². The van der Waals surface area contributed by atoms with Gasteiger partial charge in [0, 0.05) is 0 Å². The van der Waals surface area contributed by atoms with Crippen molar-refractivity contribution in [3.05, 3.63) is 29.3 Å². The van der Waals surface area contributed by atoms with Crippen LogP contribution in [0.5, 0.6) is 5.88 Å². The molecule has 0 spiro atoms. The van der Waals surface area contributed by atoms with Crippen molar-refractivity contribution in [2.24, 2.45) is 0 Å². The first-order valence-electron chi connectivity index (χ1n) is 5.48. The zero-order valence-electron chi connectivity index (χ0n) is 9.57. The first kappa shape index (κ1) is 10.5. The minimum Gasteiger partial charge on any atom is -0.474 e. The molecule has 0 atom stereocenters. The lowest BCUT2D eigenvalue weighted by Crippen LogP contribution is -2.06. The standard InChI is InChI=1S/C12H12ClN3O/c1-7(2)17-12-10(13)11-14-8-5-3-4-6-9(8)16(11)15-12/h3-7,15H,1-2H3. The molecule has 0 unspecified atom stereocenters. The molecular weight excluding hydrogens is 238 g/mol. The van der Waals surface area contributed by atoms with Crippen LogP contribution in [-0.4, -0.2) is 20.7 Å². The van der Waals surface area contributed by atoms with Crippen LogP contribution in [0.2, 0.25) is 5.02 Å². The molecule has 3 aromatic rings. The van der Waals surface area contributed by atoms with Crippen molar-refractivity contribution in [1.82, 2.24) is 14.6 Å². The van der Waals surface area contributed by atoms with Crippen molar-refractivity contribution in [3.8, 4) is 5.88 Å². The van der Waals surface area contributed by atoms with E-state index in [1.807, 2.05) is 42.6 Å². The Labute approximate surface area is 103 Å². The second kappa shape index (κ2) is 3.67. The number of ether oxygens (including phenoxy) is 1. The summed E-state index contributed by atoms with van der Waals surface area (Å²) in [5, 5.41) is 3.64. The summed E-state index contributed by atoms with van der Waals surface area (Å²) in [5.74, 6) is 0.565. The molecule has 0 aliphatic heterocycles. The summed E-state index contributed by atoms with van der Waals surface area (Å²) in [5.41, 5.74) is 2.60. The van der Waals surface area contributed by atoms with Crippen molar-refractivity contribution in [1.29, 1.82) is 0 Å². The molecule has 3 rings (SSSR count). The minimum absolute atomic E-state index is 0.0714. The minimum atomic E-state index is 0.0714. The molecule has 88 valence electrons. The summed E-state index contributed by atoms with van der Waals surface area (Å²) in [4.78, 5) is 4.46. The highest BCUT2D eigenvalue weighted by atomic mass is 35.5. The lowest BCUT2D eigenvalue weighted by atomic mass is 10.3. The number of halogens is 1. The number of nitrogens with one attached hydrogen (secondary N) is 1. The lowest BCUT2D eigenvalue weighted by Gasteiger charge is -2.06. The van der Waals surface area contributed by atoms with Gasteiger partial charge in [-0.3, -0.25) is 5.10 Å². The number of fused-ring (bicyclic) bond motifs is 3. The number of H-pyrrole nitrogens is 1. The van der Waals surface area contributed by atoms with E-state index in [1.54, 1.807) is 0 Å². The third-order valence-electron chi connectivity index (χ3n) is 2.52. The summed E-state index contributed by atoms with van der Waals surface area (Å²) < 4.78 is 7.43. The molecule has 0 bridgehead atoms. The van der Waals surface area contributed by atoms with Gasteiger partial charge in [0.05, 0.1) is 17.1 Å². The number of nitrogens with zero attached hydrogens (tertiary/aromatic N) is 2. The number of para-hydroxylation sites is 2. The number of aromatic amines is 1. The van der Waals surface area contributed by atoms with Gasteiger partial charge in [-0.15, -0.1) is 0 Å². The quantitative estimate of drug-likeness (QED) is 0.758. The zero-order chi connectivity index (χ0) is 12.0. The van der Waals surface area contributed by atoms with Gasteiger partial charge in [-0.05, 0) is 26.0 Å². The Bertz CT molecular complexity index is 683. The Kier molecular flexibility index (Phi) is 2.26. The summed E-state index contributed by atoms with van der Waals surface area (Å²) in [6.45, 7) is 3.91. The smallest absolute Gasteiger partial charge is 0.229 e. The highest BCUT2D eigenvalue weighted by Gasteiger charge is 2.16. The molecule has 4 nitrogen and oxygen atoms in total. The molecule has 0 amide bonds. The number of benzene rings is 1. The molecule has 0 radical (unpaired) electrons. The predicted molar refractivity (Wildman–Crippen MR) is 67.8 cm³/mol. The van der Waals surface area contributed by atoms with E-state index in [0.717, 1.165) is 11.0 Å². The maximum atomic E-state index is 6.23. The van der Waals surface area contributed by atoms with Gasteiger partial charge in [0.1, 0.15) is 5.02 Å². The first-order valence-corrected chi connectivity index (χ1v) is 5.86. The molecule has 0 saturated carbocycles. The number of hydrogen-bond acceptors (Lipinski definition) is 2. The summed E-state index contributed by atoms with van der Waals surface area (Å²) >= 11 is 6.23. The van der Waals surface area contributed by atoms with Gasteiger partial charge < -0.3 is 4.74 Å². The molecule has 0 saturated heterocycles. The van der Waals surface area contributed by atoms with Crippen LogP contribution in [0.25, 0.3) is 16.7 Å². The van der Waals surface area contributed by atoms with Crippen molar-refractivity contribution in [2.75, 3.05) is 0 Å². The normalized spacial score (nSPS) is 11.8. The van der Waals surface area contributed by atoms with E-state index in [-0.39, 0.29) is 6.10 Å². The van der Waals surface area contributed by atoms with Gasteiger partial charge in [-0.25, -0.2) is 9.50 Å². The van der Waals surface area contributed by atoms with E-state index in [4.69, 9.17) is 16.3 Å². The molecule has 17 heavy (non-hydrogen) atoms. The summed E-state index contributed by atoms with van der Waals surface area (Å²) in [6.07, 6.45) is 0.0714. The maximum Gasteiger partial charge on any atom is 0.229 e. The fourth-order valence-corrected chi connectivity index (χ4v) is 2.07. The second-order valence-corrected chi connectivity index (χ2v) is 4.56. The van der Waals surface area contributed by atoms with Crippen LogP contribution in [0.3, 0.4) is 0 Å². The monoisotopic (exact) mass is 249 g/mol. The van der Waals surface area contributed by atoms with Gasteiger partial charge in [0.25, 0.3) is 0 Å². The molecule has 5 heteroatoms. The number of hydrogen-bond donors (Lipinski definition) is 1. The highest BCUT2D eigenvalue weighted by molar-refractivity contribution is 6.35. The Morgan fingerprint density at radius 1 is 1.35 bits per heavy atom. The van der Waals surface area contributed by atoms with Crippen molar-refractivity contribution >= 4 is 28.3 Å². The number of imidazole rings is 1. The van der Waals surface area contributed by atoms with E-state index in [1.165, 1.54) is 0 Å². The van der Waals surface area contributed by atoms with Crippen LogP contribution < -0.4 is 4.74 Å². The second-order valence-electron chi connectivity index (χ2n) is 4.18. The van der Waals surface area contributed by atoms with E-state index >= 15 is 0 Å². The highest BCUT2D eigenvalue weighted by Crippen LogP contribution is 2.30. The van der Waals surface area contributed by atoms with Gasteiger partial charge in [-0.1, -0.05) is 23.7 Å². The number of rotatable bonds is 2. The lowest BCUT2D eigenvalue weighted by molar-refractivity contribution is 0.232. The Balaban J connectivity index is 2.27. The van der Waals surface area contributed by atoms with Crippen LogP contribution in [0.1, 0.15) is 13.8 Å². The topological polar surface area (TPSA) is 42.3 Å². The van der Waals surface area contributed by atoms with Gasteiger partial charge >= 0.3 is 0 Å². The largest absolute Gasteiger partial charge is 0.474 e. The van der Waals surface area contributed by atoms with E-state index in [9.17, 15) is 0 Å². The van der Waals surface area contributed by atoms with Crippen LogP contribution in [0, 0.1) is 0 Å². The van der Waals surface area contributed by atoms with E-state index < -0.39 is 0 Å². The molecule has 1 aromatic carbocycles. The van der Waals surface area contributed by atoms with Gasteiger partial charge in [0.2, 0.25) is 5.88 Å². The summed E-state index contributed by atoms with van der Waals surface area (Å²) in [6, 6.07) is 7.86. The average Bonchev–Trinajstić information content (AvgIpc) is 2.78. The molecule has 2 heterocycles. The van der Waals surface area contributed by atoms with E-state index in [2.05, 4.69) is 10.1 Å². The zero-order valence-corrected chi connectivity index (χ0v) is 10.3. The average molecular weight is 250 g/mol. The Hall–Kier alpha value is -1.68. The van der Waals surface area contributed by atoms with E-state index in [0.29, 0.717) is 16.5 Å². The molecule has 0 aliphatic carbocycles. The van der Waals surface area contributed by atoms with Crippen LogP contribution in [-0.2, 0) is 0 Å². The molecule has 2 aromatic heterocycles. The van der Waals surface area contributed by atoms with Crippen molar-refractivity contribution in [3.63, 3.8) is 0 Å². The SMILES string of the molecule is CC(C)Oc1[nH]n2c(nc3ccccc32)c1Cl. The van der Waals surface area contributed by atoms with Crippen molar-refractivity contribution in [2.45, 2.75) is 20.0 Å². The third-order valence-corrected chi connectivity index (χ3v) is 2.86. The van der Waals surface area contributed by atoms with Gasteiger partial charge in [0.15, 0.2) is 5.65 Å². The predicted octanol–water partition coefficient (Wildman–Crippen LogP) is 3.26. The van der Waals surface area contributed by atoms with Crippen LogP contribution >= 0.6 is 11.6 Å². The molecule has 0 aliphatic rings. The molecule has 1 N–H and O–H groups in total. The Morgan fingerprint density at radius 2 is 2.12 bits per heavy atom. The van der Waals surface area contributed by atoms with Gasteiger partial charge in [-0.2, -0.15) is 0 Å². The summed E-state index contributed by atoms with van der Waals surface area (Å²) in [7, 11) is 0. The third kappa shape index (κ3) is 1.56. The first-order chi connectivity index (χ1) is 8.16. The maximum absolute atomic E-state index is 6.23. The molecular formula is C12H12ClN3O. The van der Waals surface area contributed by atoms with Crippen molar-refractivity contribution < 1.29 is 4.74 Å². The fraction of sp³-hybridized carbons (Fsp3) is 0.250. The Morgan fingerprint density at radius 3 is 2.88 bits per heavy atom. The number of aromatic nitrogens is 3. The fourth-order valence-electron chi connectivity index (χ4n) is 1.85. The van der Waals surface area contributed by atoms with Crippen LogP contribution in [0.4, 0.5) is 0 Å². The molecule has 0 fully saturated rings.